The van der Waals surface area contributed by atoms with Crippen LogP contribution in [0.15, 0.2) is 23.0 Å². The van der Waals surface area contributed by atoms with Crippen LogP contribution >= 0.6 is 0 Å². The molecule has 1 aromatic heterocycles. The van der Waals surface area contributed by atoms with Crippen LogP contribution < -0.4 is 20.3 Å². The quantitative estimate of drug-likeness (QED) is 0.858. The number of carbonyl (C=O) groups is 1. The number of benzene rings is 1. The van der Waals surface area contributed by atoms with E-state index in [1.165, 1.54) is 0 Å². The lowest BCUT2D eigenvalue weighted by Crippen LogP contribution is -2.38. The maximum Gasteiger partial charge on any atom is 0.252 e. The molecule has 2 N–H and O–H groups in total. The van der Waals surface area contributed by atoms with Crippen molar-refractivity contribution < 1.29 is 14.3 Å². The molecule has 126 valence electrons. The van der Waals surface area contributed by atoms with Crippen molar-refractivity contribution in [3.8, 4) is 11.5 Å². The van der Waals surface area contributed by atoms with Gasteiger partial charge in [0.1, 0.15) is 0 Å². The summed E-state index contributed by atoms with van der Waals surface area (Å²) in [6.07, 6.45) is 0.453. The molecule has 3 heterocycles. The molecule has 4 rings (SSSR count). The normalized spacial score (nSPS) is 20.9. The lowest BCUT2D eigenvalue weighted by atomic mass is 10.1. The van der Waals surface area contributed by atoms with Gasteiger partial charge in [-0.1, -0.05) is 0 Å². The van der Waals surface area contributed by atoms with Crippen molar-refractivity contribution in [1.82, 2.24) is 15.2 Å². The molecule has 0 saturated carbocycles. The van der Waals surface area contributed by atoms with E-state index in [4.69, 9.17) is 9.47 Å². The van der Waals surface area contributed by atoms with Crippen molar-refractivity contribution >= 4 is 16.8 Å². The van der Waals surface area contributed by atoms with E-state index in [2.05, 4.69) is 22.1 Å². The predicted octanol–water partition coefficient (Wildman–Crippen LogP) is 0.967. The zero-order valence-electron chi connectivity index (χ0n) is 13.4. The summed E-state index contributed by atoms with van der Waals surface area (Å²) in [5.74, 6) is 1.40. The highest BCUT2D eigenvalue weighted by Gasteiger charge is 2.22. The van der Waals surface area contributed by atoms with Crippen molar-refractivity contribution in [3.63, 3.8) is 0 Å². The van der Waals surface area contributed by atoms with Crippen LogP contribution in [0.4, 0.5) is 0 Å². The number of fused-ring (bicyclic) bond motifs is 2. The molecule has 7 nitrogen and oxygen atoms in total. The summed E-state index contributed by atoms with van der Waals surface area (Å²) in [7, 11) is 0. The largest absolute Gasteiger partial charge is 0.454 e. The van der Waals surface area contributed by atoms with Crippen molar-refractivity contribution in [3.05, 3.63) is 34.1 Å². The second-order valence-corrected chi connectivity index (χ2v) is 6.29. The highest BCUT2D eigenvalue weighted by Crippen LogP contribution is 2.35. The van der Waals surface area contributed by atoms with Crippen LogP contribution in [0.1, 0.15) is 18.9 Å². The van der Waals surface area contributed by atoms with Gasteiger partial charge < -0.3 is 19.8 Å². The lowest BCUT2D eigenvalue weighted by molar-refractivity contribution is -0.120. The first-order valence-electron chi connectivity index (χ1n) is 8.06. The average molecular weight is 329 g/mol. The van der Waals surface area contributed by atoms with Crippen molar-refractivity contribution in [2.45, 2.75) is 25.9 Å². The number of nitrogens with zero attached hydrogens (tertiary/aromatic N) is 1. The Kier molecular flexibility index (Phi) is 3.65. The number of hydrogen-bond acceptors (Lipinski definition) is 5. The maximum atomic E-state index is 12.4. The van der Waals surface area contributed by atoms with Crippen LogP contribution in [-0.4, -0.2) is 41.7 Å². The topological polar surface area (TPSA) is 83.7 Å². The first kappa shape index (κ1) is 15.0. The fourth-order valence-electron chi connectivity index (χ4n) is 3.16. The maximum absolute atomic E-state index is 12.4. The molecule has 1 saturated heterocycles. The van der Waals surface area contributed by atoms with Crippen LogP contribution in [0.25, 0.3) is 10.9 Å². The average Bonchev–Trinajstić information content (AvgIpc) is 2.95. The number of aromatic nitrogens is 1. The Bertz CT molecular complexity index is 861. The Labute approximate surface area is 138 Å². The smallest absolute Gasteiger partial charge is 0.252 e. The minimum atomic E-state index is -0.114. The second kappa shape index (κ2) is 5.83. The number of pyridine rings is 1. The summed E-state index contributed by atoms with van der Waals surface area (Å²) in [5, 5.41) is 3.79. The highest BCUT2D eigenvalue weighted by atomic mass is 16.7. The molecule has 7 heteroatoms. The fourth-order valence-corrected chi connectivity index (χ4v) is 3.16. The van der Waals surface area contributed by atoms with Gasteiger partial charge in [-0.3, -0.25) is 14.5 Å². The van der Waals surface area contributed by atoms with Gasteiger partial charge in [-0.25, -0.2) is 0 Å². The highest BCUT2D eigenvalue weighted by molar-refractivity contribution is 5.83. The van der Waals surface area contributed by atoms with E-state index in [1.807, 2.05) is 12.1 Å². The van der Waals surface area contributed by atoms with Crippen molar-refractivity contribution in [1.29, 1.82) is 0 Å². The third-order valence-corrected chi connectivity index (χ3v) is 4.63. The van der Waals surface area contributed by atoms with E-state index in [1.54, 1.807) is 6.07 Å². The standard InChI is InChI=1S/C17H19N3O4/c1-10-7-18-16(21)2-3-20(10)8-12-4-11-5-14-15(24-9-23-14)6-13(11)19-17(12)22/h4-6,10H,2-3,7-9H2,1H3,(H,18,21)(H,19,22). The third kappa shape index (κ3) is 2.71. The number of H-pyrrole nitrogens is 1. The molecule has 2 aliphatic heterocycles. The molecule has 1 fully saturated rings. The minimum Gasteiger partial charge on any atom is -0.454 e. The van der Waals surface area contributed by atoms with Gasteiger partial charge in [-0.2, -0.15) is 0 Å². The summed E-state index contributed by atoms with van der Waals surface area (Å²) < 4.78 is 10.7. The van der Waals surface area contributed by atoms with Gasteiger partial charge in [0, 0.05) is 49.1 Å². The minimum absolute atomic E-state index is 0.0597. The molecule has 2 aliphatic rings. The van der Waals surface area contributed by atoms with Gasteiger partial charge in [-0.05, 0) is 19.1 Å². The number of hydrogen-bond donors (Lipinski definition) is 2. The Balaban J connectivity index is 1.66. The molecule has 0 radical (unpaired) electrons. The number of carbonyl (C=O) groups excluding carboxylic acids is 1. The van der Waals surface area contributed by atoms with Gasteiger partial charge >= 0.3 is 0 Å². The van der Waals surface area contributed by atoms with Gasteiger partial charge in [-0.15, -0.1) is 0 Å². The number of nitrogens with one attached hydrogen (secondary N) is 2. The van der Waals surface area contributed by atoms with Gasteiger partial charge in [0.2, 0.25) is 12.7 Å². The van der Waals surface area contributed by atoms with Crippen LogP contribution in [0, 0.1) is 0 Å². The Hall–Kier alpha value is -2.54. The van der Waals surface area contributed by atoms with Crippen molar-refractivity contribution in [2.75, 3.05) is 19.9 Å². The number of amides is 1. The van der Waals surface area contributed by atoms with Gasteiger partial charge in [0.15, 0.2) is 11.5 Å². The van der Waals surface area contributed by atoms with E-state index in [0.29, 0.717) is 43.1 Å². The van der Waals surface area contributed by atoms with E-state index in [9.17, 15) is 9.59 Å². The molecule has 0 bridgehead atoms. The zero-order valence-corrected chi connectivity index (χ0v) is 13.4. The summed E-state index contributed by atoms with van der Waals surface area (Å²) in [6, 6.07) is 5.75. The second-order valence-electron chi connectivity index (χ2n) is 6.29. The summed E-state index contributed by atoms with van der Waals surface area (Å²) in [4.78, 5) is 29.0. The summed E-state index contributed by atoms with van der Waals surface area (Å²) >= 11 is 0. The molecular formula is C17H19N3O4. The van der Waals surface area contributed by atoms with Crippen LogP contribution in [0.5, 0.6) is 11.5 Å². The lowest BCUT2D eigenvalue weighted by Gasteiger charge is -2.25. The summed E-state index contributed by atoms with van der Waals surface area (Å²) in [5.41, 5.74) is 1.30. The number of aromatic amines is 1. The van der Waals surface area contributed by atoms with Gasteiger partial charge in [0.25, 0.3) is 5.56 Å². The molecule has 24 heavy (non-hydrogen) atoms. The van der Waals surface area contributed by atoms with E-state index < -0.39 is 0 Å². The molecular weight excluding hydrogens is 310 g/mol. The summed E-state index contributed by atoms with van der Waals surface area (Å²) in [6.45, 7) is 4.01. The Morgan fingerprint density at radius 2 is 2.00 bits per heavy atom. The van der Waals surface area contributed by atoms with Gasteiger partial charge in [0.05, 0.1) is 5.52 Å². The van der Waals surface area contributed by atoms with Crippen LogP contribution in [-0.2, 0) is 11.3 Å². The Morgan fingerprint density at radius 3 is 2.83 bits per heavy atom. The SMILES string of the molecule is CC1CNC(=O)CCN1Cc1cc2cc3c(cc2[nH]c1=O)OCO3. The molecule has 2 aromatic rings. The molecule has 1 amide bonds. The first-order chi connectivity index (χ1) is 11.6. The van der Waals surface area contributed by atoms with E-state index in [0.717, 1.165) is 10.9 Å². The first-order valence-corrected chi connectivity index (χ1v) is 8.06. The van der Waals surface area contributed by atoms with E-state index in [-0.39, 0.29) is 24.3 Å². The molecule has 1 atom stereocenters. The predicted molar refractivity (Wildman–Crippen MR) is 88.2 cm³/mol. The van der Waals surface area contributed by atoms with E-state index >= 15 is 0 Å². The number of rotatable bonds is 2. The van der Waals surface area contributed by atoms with Crippen molar-refractivity contribution in [2.24, 2.45) is 0 Å². The van der Waals surface area contributed by atoms with Crippen LogP contribution in [0.2, 0.25) is 0 Å². The zero-order chi connectivity index (χ0) is 16.7. The molecule has 0 aliphatic carbocycles. The molecule has 0 spiro atoms. The molecule has 1 unspecified atom stereocenters. The monoisotopic (exact) mass is 329 g/mol. The molecule has 1 aromatic carbocycles. The Morgan fingerprint density at radius 1 is 1.21 bits per heavy atom. The number of ether oxygens (including phenoxy) is 2. The fraction of sp³-hybridized carbons (Fsp3) is 0.412. The van der Waals surface area contributed by atoms with Crippen LogP contribution in [0.3, 0.4) is 0 Å². The third-order valence-electron chi connectivity index (χ3n) is 4.63.